The van der Waals surface area contributed by atoms with Crippen LogP contribution >= 0.6 is 0 Å². The highest BCUT2D eigenvalue weighted by atomic mass is 32.2. The van der Waals surface area contributed by atoms with Gasteiger partial charge in [0.1, 0.15) is 5.88 Å². The van der Waals surface area contributed by atoms with Gasteiger partial charge in [0.15, 0.2) is 0 Å². The van der Waals surface area contributed by atoms with Gasteiger partial charge in [-0.05, 0) is 25.0 Å². The van der Waals surface area contributed by atoms with E-state index in [-0.39, 0.29) is 11.8 Å². The van der Waals surface area contributed by atoms with Gasteiger partial charge in [-0.25, -0.2) is 8.42 Å². The summed E-state index contributed by atoms with van der Waals surface area (Å²) in [5.41, 5.74) is 0.518. The number of anilines is 1. The molecule has 1 saturated heterocycles. The average molecular weight is 282 g/mol. The van der Waals surface area contributed by atoms with Gasteiger partial charge in [-0.2, -0.15) is 0 Å². The molecule has 104 valence electrons. The minimum absolute atomic E-state index is 0.0732. The number of para-hydroxylation sites is 1. The molecule has 0 unspecified atom stereocenters. The third-order valence-corrected chi connectivity index (χ3v) is 4.24. The van der Waals surface area contributed by atoms with E-state index in [9.17, 15) is 13.2 Å². The summed E-state index contributed by atoms with van der Waals surface area (Å²) < 4.78 is 26.5. The average Bonchev–Trinajstić information content (AvgIpc) is 2.55. The van der Waals surface area contributed by atoms with Crippen LogP contribution in [0.4, 0.5) is 5.69 Å². The first-order valence-electron chi connectivity index (χ1n) is 6.40. The second-order valence-corrected chi connectivity index (χ2v) is 6.37. The zero-order valence-corrected chi connectivity index (χ0v) is 11.5. The molecule has 1 fully saturated rings. The summed E-state index contributed by atoms with van der Waals surface area (Å²) in [7, 11) is -3.53. The molecule has 19 heavy (non-hydrogen) atoms. The molecule has 5 nitrogen and oxygen atoms in total. The Balaban J connectivity index is 2.02. The largest absolute Gasteiger partial charge is 0.326 e. The molecule has 6 heteroatoms. The van der Waals surface area contributed by atoms with Crippen LogP contribution in [0.5, 0.6) is 0 Å². The Bertz CT molecular complexity index is 528. The van der Waals surface area contributed by atoms with Gasteiger partial charge in [0.2, 0.25) is 5.91 Å². The Morgan fingerprint density at radius 2 is 1.84 bits per heavy atom. The minimum atomic E-state index is -3.53. The number of nitrogens with one attached hydrogen (secondary N) is 1. The van der Waals surface area contributed by atoms with Gasteiger partial charge in [-0.1, -0.05) is 24.6 Å². The van der Waals surface area contributed by atoms with Crippen LogP contribution in [0, 0.1) is 0 Å². The predicted octanol–water partition coefficient (Wildman–Crippen LogP) is 1.79. The van der Waals surface area contributed by atoms with Crippen molar-refractivity contribution in [2.45, 2.75) is 25.7 Å². The van der Waals surface area contributed by atoms with E-state index in [1.807, 2.05) is 6.07 Å². The molecule has 0 bridgehead atoms. The van der Waals surface area contributed by atoms with Crippen molar-refractivity contribution in [1.29, 1.82) is 0 Å². The fraction of sp³-hybridized carbons (Fsp3) is 0.462. The van der Waals surface area contributed by atoms with Crippen molar-refractivity contribution in [1.82, 2.24) is 4.90 Å². The molecule has 1 aromatic rings. The normalized spacial score (nSPS) is 17.1. The number of amides is 1. The lowest BCUT2D eigenvalue weighted by molar-refractivity contribution is -0.129. The number of nitrogens with zero attached hydrogens (tertiary/aromatic N) is 1. The van der Waals surface area contributed by atoms with Crippen LogP contribution in [0.3, 0.4) is 0 Å². The smallest absolute Gasteiger partial charge is 0.251 e. The summed E-state index contributed by atoms with van der Waals surface area (Å²) in [6.07, 6.45) is 3.14. The maximum absolute atomic E-state index is 12.0. The van der Waals surface area contributed by atoms with Gasteiger partial charge in [-0.3, -0.25) is 9.52 Å². The molecule has 2 rings (SSSR count). The van der Waals surface area contributed by atoms with Gasteiger partial charge in [0.25, 0.3) is 10.0 Å². The summed E-state index contributed by atoms with van der Waals surface area (Å²) in [6, 6.07) is 8.70. The lowest BCUT2D eigenvalue weighted by Crippen LogP contribution is -2.37. The third kappa shape index (κ3) is 4.24. The summed E-state index contributed by atoms with van der Waals surface area (Å²) in [4.78, 5) is 13.2. The molecule has 1 aliphatic heterocycles. The van der Waals surface area contributed by atoms with E-state index >= 15 is 0 Å². The van der Waals surface area contributed by atoms with E-state index < -0.39 is 10.0 Å². The summed E-state index contributed by atoms with van der Waals surface area (Å²) in [6.45, 7) is 0.522. The number of carbonyl (C=O) groups excluding carboxylic acids is 1. The fourth-order valence-electron chi connectivity index (χ4n) is 2.10. The van der Waals surface area contributed by atoms with E-state index in [0.717, 1.165) is 19.3 Å². The number of rotatable bonds is 4. The standard InChI is InChI=1S/C13H18N2O3S/c16-13-9-5-2-6-10-15(13)11-19(17,18)14-12-7-3-1-4-8-12/h1,3-4,7-8,14H,2,5-6,9-11H2. The molecule has 0 atom stereocenters. The highest BCUT2D eigenvalue weighted by molar-refractivity contribution is 7.92. The molecule has 0 radical (unpaired) electrons. The van der Waals surface area contributed by atoms with Crippen molar-refractivity contribution >= 4 is 21.6 Å². The summed E-state index contributed by atoms with van der Waals surface area (Å²) in [5.74, 6) is -0.336. The number of carbonyl (C=O) groups is 1. The molecule has 1 N–H and O–H groups in total. The van der Waals surface area contributed by atoms with Crippen LogP contribution < -0.4 is 4.72 Å². The predicted molar refractivity (Wildman–Crippen MR) is 74.0 cm³/mol. The van der Waals surface area contributed by atoms with Crippen molar-refractivity contribution in [3.63, 3.8) is 0 Å². The zero-order chi connectivity index (χ0) is 13.7. The number of benzene rings is 1. The Morgan fingerprint density at radius 1 is 1.11 bits per heavy atom. The number of hydrogen-bond acceptors (Lipinski definition) is 3. The van der Waals surface area contributed by atoms with Crippen molar-refractivity contribution in [3.05, 3.63) is 30.3 Å². The van der Waals surface area contributed by atoms with Crippen LogP contribution in [0.2, 0.25) is 0 Å². The molecule has 1 aromatic carbocycles. The lowest BCUT2D eigenvalue weighted by Gasteiger charge is -2.20. The van der Waals surface area contributed by atoms with Gasteiger partial charge < -0.3 is 4.90 Å². The molecule has 1 amide bonds. The molecular formula is C13H18N2O3S. The zero-order valence-electron chi connectivity index (χ0n) is 10.7. The lowest BCUT2D eigenvalue weighted by atomic mass is 10.2. The first-order chi connectivity index (χ1) is 9.07. The van der Waals surface area contributed by atoms with E-state index in [2.05, 4.69) is 4.72 Å². The quantitative estimate of drug-likeness (QED) is 0.915. The van der Waals surface area contributed by atoms with Gasteiger partial charge in [0, 0.05) is 18.7 Å². The first-order valence-corrected chi connectivity index (χ1v) is 8.05. The second kappa shape index (κ2) is 6.06. The molecule has 1 aliphatic rings. The SMILES string of the molecule is O=C1CCCCCN1CS(=O)(=O)Nc1ccccc1. The number of sulfonamides is 1. The minimum Gasteiger partial charge on any atom is -0.326 e. The van der Waals surface area contributed by atoms with E-state index in [4.69, 9.17) is 0 Å². The number of likely N-dealkylation sites (tertiary alicyclic amines) is 1. The molecule has 1 heterocycles. The third-order valence-electron chi connectivity index (χ3n) is 3.04. The highest BCUT2D eigenvalue weighted by Gasteiger charge is 2.22. The van der Waals surface area contributed by atoms with Crippen LogP contribution in [-0.2, 0) is 14.8 Å². The Hall–Kier alpha value is -1.56. The number of hydrogen-bond donors (Lipinski definition) is 1. The Kier molecular flexibility index (Phi) is 4.42. The van der Waals surface area contributed by atoms with Gasteiger partial charge in [-0.15, -0.1) is 0 Å². The van der Waals surface area contributed by atoms with Crippen molar-refractivity contribution in [3.8, 4) is 0 Å². The van der Waals surface area contributed by atoms with Crippen LogP contribution in [0.25, 0.3) is 0 Å². The topological polar surface area (TPSA) is 66.5 Å². The summed E-state index contributed by atoms with van der Waals surface area (Å²) >= 11 is 0. The molecule has 0 spiro atoms. The van der Waals surface area contributed by atoms with Crippen molar-refractivity contribution < 1.29 is 13.2 Å². The maximum Gasteiger partial charge on any atom is 0.251 e. The van der Waals surface area contributed by atoms with Gasteiger partial charge in [0.05, 0.1) is 0 Å². The monoisotopic (exact) mass is 282 g/mol. The summed E-state index contributed by atoms with van der Waals surface area (Å²) in [5, 5.41) is 0. The van der Waals surface area contributed by atoms with Gasteiger partial charge >= 0.3 is 0 Å². The molecular weight excluding hydrogens is 264 g/mol. The Morgan fingerprint density at radius 3 is 2.58 bits per heavy atom. The van der Waals surface area contributed by atoms with E-state index in [1.54, 1.807) is 24.3 Å². The van der Waals surface area contributed by atoms with Crippen LogP contribution in [0.15, 0.2) is 30.3 Å². The van der Waals surface area contributed by atoms with Crippen molar-refractivity contribution in [2.75, 3.05) is 17.1 Å². The fourth-order valence-corrected chi connectivity index (χ4v) is 3.34. The van der Waals surface area contributed by atoms with E-state index in [1.165, 1.54) is 4.90 Å². The first kappa shape index (κ1) is 13.9. The molecule has 0 aromatic heterocycles. The highest BCUT2D eigenvalue weighted by Crippen LogP contribution is 2.14. The van der Waals surface area contributed by atoms with Crippen molar-refractivity contribution in [2.24, 2.45) is 0 Å². The van der Waals surface area contributed by atoms with E-state index in [0.29, 0.717) is 18.7 Å². The molecule has 0 saturated carbocycles. The maximum atomic E-state index is 12.0. The second-order valence-electron chi connectivity index (χ2n) is 4.68. The molecule has 0 aliphatic carbocycles. The Labute approximate surface area is 113 Å². The van der Waals surface area contributed by atoms with Crippen LogP contribution in [-0.4, -0.2) is 31.6 Å². The van der Waals surface area contributed by atoms with Crippen LogP contribution in [0.1, 0.15) is 25.7 Å².